The zero-order chi connectivity index (χ0) is 14.8. The summed E-state index contributed by atoms with van der Waals surface area (Å²) in [7, 11) is -3.92. The molecule has 104 valence electrons. The molecule has 0 saturated heterocycles. The van der Waals surface area contributed by atoms with E-state index in [-0.39, 0.29) is 16.3 Å². The van der Waals surface area contributed by atoms with Crippen molar-refractivity contribution in [3.63, 3.8) is 0 Å². The van der Waals surface area contributed by atoms with E-state index in [4.69, 9.17) is 0 Å². The number of phenols is 1. The summed E-state index contributed by atoms with van der Waals surface area (Å²) in [4.78, 5) is 10.1. The van der Waals surface area contributed by atoms with Gasteiger partial charge in [0.25, 0.3) is 15.7 Å². The molecular formula is C12H10N2O5S. The summed E-state index contributed by atoms with van der Waals surface area (Å²) < 4.78 is 26.3. The van der Waals surface area contributed by atoms with E-state index in [0.717, 1.165) is 18.2 Å². The molecule has 0 heterocycles. The molecule has 0 aliphatic carbocycles. The van der Waals surface area contributed by atoms with Gasteiger partial charge in [0, 0.05) is 0 Å². The van der Waals surface area contributed by atoms with E-state index >= 15 is 0 Å². The van der Waals surface area contributed by atoms with E-state index in [1.807, 2.05) is 0 Å². The lowest BCUT2D eigenvalue weighted by Gasteiger charge is -2.08. The largest absolute Gasteiger partial charge is 0.508 e. The molecule has 0 spiro atoms. The normalized spacial score (nSPS) is 11.0. The Morgan fingerprint density at radius 3 is 2.35 bits per heavy atom. The third-order valence-electron chi connectivity index (χ3n) is 2.48. The van der Waals surface area contributed by atoms with Crippen LogP contribution in [0.3, 0.4) is 0 Å². The van der Waals surface area contributed by atoms with Crippen LogP contribution in [0.25, 0.3) is 0 Å². The Hall–Kier alpha value is -2.61. The average molecular weight is 294 g/mol. The van der Waals surface area contributed by atoms with Gasteiger partial charge < -0.3 is 5.11 Å². The summed E-state index contributed by atoms with van der Waals surface area (Å²) in [5.74, 6) is -0.320. The first kappa shape index (κ1) is 13.8. The fourth-order valence-corrected chi connectivity index (χ4v) is 2.66. The second-order valence-electron chi connectivity index (χ2n) is 3.88. The maximum atomic E-state index is 12.1. The Morgan fingerprint density at radius 1 is 1.10 bits per heavy atom. The smallest absolute Gasteiger partial charge is 0.297 e. The minimum Gasteiger partial charge on any atom is -0.508 e. The lowest BCUT2D eigenvalue weighted by Crippen LogP contribution is -2.13. The molecule has 2 rings (SSSR count). The van der Waals surface area contributed by atoms with Gasteiger partial charge >= 0.3 is 0 Å². The fourth-order valence-electron chi connectivity index (χ4n) is 1.56. The van der Waals surface area contributed by atoms with Crippen LogP contribution in [-0.4, -0.2) is 18.4 Å². The van der Waals surface area contributed by atoms with Crippen LogP contribution in [0.15, 0.2) is 53.4 Å². The number of rotatable bonds is 4. The fraction of sp³-hybridized carbons (Fsp3) is 0. The van der Waals surface area contributed by atoms with Gasteiger partial charge in [-0.05, 0) is 24.3 Å². The summed E-state index contributed by atoms with van der Waals surface area (Å²) >= 11 is 0. The predicted octanol–water partition coefficient (Wildman–Crippen LogP) is 2.10. The van der Waals surface area contributed by atoms with Gasteiger partial charge in [-0.2, -0.15) is 0 Å². The van der Waals surface area contributed by atoms with E-state index in [1.54, 1.807) is 18.2 Å². The molecule has 7 nitrogen and oxygen atoms in total. The van der Waals surface area contributed by atoms with Gasteiger partial charge in [0.05, 0.1) is 15.9 Å². The van der Waals surface area contributed by atoms with Crippen LogP contribution in [0, 0.1) is 10.1 Å². The van der Waals surface area contributed by atoms with Crippen molar-refractivity contribution in [2.24, 2.45) is 0 Å². The van der Waals surface area contributed by atoms with Crippen molar-refractivity contribution in [2.75, 3.05) is 4.72 Å². The molecule has 0 amide bonds. The maximum absolute atomic E-state index is 12.1. The van der Waals surface area contributed by atoms with Crippen molar-refractivity contribution in [1.29, 1.82) is 0 Å². The first-order chi connectivity index (χ1) is 9.40. The van der Waals surface area contributed by atoms with Crippen molar-refractivity contribution in [1.82, 2.24) is 0 Å². The molecule has 0 aromatic heterocycles. The SMILES string of the molecule is O=[N+]([O-])c1cc(O)ccc1NS(=O)(=O)c1ccccc1. The van der Waals surface area contributed by atoms with Crippen LogP contribution in [0.4, 0.5) is 11.4 Å². The molecule has 0 aliphatic heterocycles. The number of sulfonamides is 1. The van der Waals surface area contributed by atoms with Crippen molar-refractivity contribution in [2.45, 2.75) is 4.90 Å². The monoisotopic (exact) mass is 294 g/mol. The van der Waals surface area contributed by atoms with Crippen LogP contribution in [0.5, 0.6) is 5.75 Å². The Labute approximate surface area is 114 Å². The average Bonchev–Trinajstić information content (AvgIpc) is 2.41. The van der Waals surface area contributed by atoms with Crippen LogP contribution >= 0.6 is 0 Å². The highest BCUT2D eigenvalue weighted by Crippen LogP contribution is 2.30. The quantitative estimate of drug-likeness (QED) is 0.510. The number of hydrogen-bond acceptors (Lipinski definition) is 5. The molecule has 0 bridgehead atoms. The minimum atomic E-state index is -3.92. The van der Waals surface area contributed by atoms with E-state index in [2.05, 4.69) is 4.72 Å². The zero-order valence-electron chi connectivity index (χ0n) is 10.1. The van der Waals surface area contributed by atoms with Crippen LogP contribution in [-0.2, 0) is 10.0 Å². The molecule has 20 heavy (non-hydrogen) atoms. The lowest BCUT2D eigenvalue weighted by atomic mass is 10.2. The van der Waals surface area contributed by atoms with Crippen molar-refractivity contribution in [3.8, 4) is 5.75 Å². The van der Waals surface area contributed by atoms with Crippen LogP contribution in [0.1, 0.15) is 0 Å². The molecule has 8 heteroatoms. The highest BCUT2D eigenvalue weighted by Gasteiger charge is 2.21. The zero-order valence-corrected chi connectivity index (χ0v) is 10.9. The second-order valence-corrected chi connectivity index (χ2v) is 5.56. The number of anilines is 1. The summed E-state index contributed by atoms with van der Waals surface area (Å²) in [6.45, 7) is 0. The van der Waals surface area contributed by atoms with Gasteiger partial charge in [-0.25, -0.2) is 8.42 Å². The number of benzene rings is 2. The van der Waals surface area contributed by atoms with E-state index < -0.39 is 20.6 Å². The highest BCUT2D eigenvalue weighted by molar-refractivity contribution is 7.92. The predicted molar refractivity (Wildman–Crippen MR) is 72.0 cm³/mol. The molecule has 0 radical (unpaired) electrons. The molecule has 2 aromatic carbocycles. The van der Waals surface area contributed by atoms with Crippen molar-refractivity contribution < 1.29 is 18.4 Å². The summed E-state index contributed by atoms with van der Waals surface area (Å²) in [5, 5.41) is 20.1. The number of nitrogens with one attached hydrogen (secondary N) is 1. The topological polar surface area (TPSA) is 110 Å². The molecule has 0 saturated carbocycles. The Morgan fingerprint density at radius 2 is 1.75 bits per heavy atom. The third kappa shape index (κ3) is 2.86. The molecule has 0 aliphatic rings. The first-order valence-corrected chi connectivity index (χ1v) is 6.94. The number of nitro groups is 1. The summed E-state index contributed by atoms with van der Waals surface area (Å²) in [6.07, 6.45) is 0. The Balaban J connectivity index is 2.43. The first-order valence-electron chi connectivity index (χ1n) is 5.45. The molecule has 0 atom stereocenters. The van der Waals surface area contributed by atoms with E-state index in [0.29, 0.717) is 0 Å². The van der Waals surface area contributed by atoms with Gasteiger partial charge in [0.2, 0.25) is 0 Å². The van der Waals surface area contributed by atoms with Crippen LogP contribution < -0.4 is 4.72 Å². The van der Waals surface area contributed by atoms with E-state index in [1.165, 1.54) is 12.1 Å². The molecule has 2 aromatic rings. The maximum Gasteiger partial charge on any atom is 0.297 e. The molecule has 0 unspecified atom stereocenters. The van der Waals surface area contributed by atoms with Crippen molar-refractivity contribution in [3.05, 3.63) is 58.6 Å². The van der Waals surface area contributed by atoms with Gasteiger partial charge in [-0.3, -0.25) is 14.8 Å². The van der Waals surface area contributed by atoms with Gasteiger partial charge in [0.1, 0.15) is 11.4 Å². The number of nitrogens with zero attached hydrogens (tertiary/aromatic N) is 1. The molecular weight excluding hydrogens is 284 g/mol. The number of phenolic OH excluding ortho intramolecular Hbond substituents is 1. The number of aromatic hydroxyl groups is 1. The Bertz CT molecular complexity index is 744. The number of hydrogen-bond donors (Lipinski definition) is 2. The molecule has 2 N–H and O–H groups in total. The van der Waals surface area contributed by atoms with Crippen LogP contribution in [0.2, 0.25) is 0 Å². The van der Waals surface area contributed by atoms with Crippen molar-refractivity contribution >= 4 is 21.4 Å². The molecule has 0 fully saturated rings. The van der Waals surface area contributed by atoms with Gasteiger partial charge in [-0.15, -0.1) is 0 Å². The summed E-state index contributed by atoms with van der Waals surface area (Å²) in [5.41, 5.74) is -0.735. The highest BCUT2D eigenvalue weighted by atomic mass is 32.2. The minimum absolute atomic E-state index is 0.0117. The number of nitro benzene ring substituents is 1. The lowest BCUT2D eigenvalue weighted by molar-refractivity contribution is -0.384. The second kappa shape index (κ2) is 5.17. The van der Waals surface area contributed by atoms with Gasteiger partial charge in [-0.1, -0.05) is 18.2 Å². The standard InChI is InChI=1S/C12H10N2O5S/c15-9-6-7-11(12(8-9)14(16)17)13-20(18,19)10-4-2-1-3-5-10/h1-8,13,15H. The third-order valence-corrected chi connectivity index (χ3v) is 3.86. The van der Waals surface area contributed by atoms with Gasteiger partial charge in [0.15, 0.2) is 0 Å². The Kier molecular flexibility index (Phi) is 3.57. The van der Waals surface area contributed by atoms with E-state index in [9.17, 15) is 23.6 Å². The summed E-state index contributed by atoms with van der Waals surface area (Å²) in [6, 6.07) is 10.7.